The first-order chi connectivity index (χ1) is 4.81. The minimum absolute atomic E-state index is 0.705. The first-order valence-corrected chi connectivity index (χ1v) is 5.10. The van der Waals surface area contributed by atoms with Gasteiger partial charge in [-0.2, -0.15) is 11.8 Å². The molecule has 0 saturated heterocycles. The van der Waals surface area contributed by atoms with Crippen LogP contribution in [0.15, 0.2) is 12.2 Å². The summed E-state index contributed by atoms with van der Waals surface area (Å²) in [7, 11) is 0. The molecule has 0 aliphatic carbocycles. The molecule has 0 aromatic heterocycles. The molecule has 0 heterocycles. The molecule has 0 rings (SSSR count). The second-order valence-corrected chi connectivity index (χ2v) is 3.94. The Morgan fingerprint density at radius 3 is 2.70 bits per heavy atom. The van der Waals surface area contributed by atoms with Crippen molar-refractivity contribution in [3.8, 4) is 0 Å². The van der Waals surface area contributed by atoms with Gasteiger partial charge in [-0.3, -0.25) is 0 Å². The number of unbranched alkanes of at least 4 members (excludes halogenated alkanes) is 1. The third-order valence-electron chi connectivity index (χ3n) is 1.34. The zero-order valence-electron chi connectivity index (χ0n) is 7.26. The molecular weight excluding hydrogens is 140 g/mol. The molecule has 0 fully saturated rings. The Morgan fingerprint density at radius 2 is 2.20 bits per heavy atom. The highest BCUT2D eigenvalue weighted by atomic mass is 32.2. The van der Waals surface area contributed by atoms with Crippen LogP contribution in [0.4, 0.5) is 0 Å². The van der Waals surface area contributed by atoms with Crippen molar-refractivity contribution in [3.63, 3.8) is 0 Å². The Balaban J connectivity index is 3.13. The molecule has 0 radical (unpaired) electrons. The molecule has 0 aliphatic heterocycles. The highest BCUT2D eigenvalue weighted by Gasteiger charge is 1.94. The van der Waals surface area contributed by atoms with Crippen LogP contribution in [0.2, 0.25) is 0 Å². The van der Waals surface area contributed by atoms with Gasteiger partial charge in [0.05, 0.1) is 0 Å². The van der Waals surface area contributed by atoms with Gasteiger partial charge in [0.1, 0.15) is 0 Å². The van der Waals surface area contributed by atoms with Gasteiger partial charge >= 0.3 is 0 Å². The Kier molecular flexibility index (Phi) is 7.26. The van der Waals surface area contributed by atoms with Crippen LogP contribution in [-0.2, 0) is 0 Å². The standard InChI is InChI=1S/C9H18S/c1-4-6-8-10-9(3)7-5-2/h5,7,9H,4,6,8H2,1-3H3/b7-5+. The van der Waals surface area contributed by atoms with E-state index < -0.39 is 0 Å². The van der Waals surface area contributed by atoms with Crippen molar-refractivity contribution in [1.82, 2.24) is 0 Å². The normalized spacial score (nSPS) is 14.3. The summed E-state index contributed by atoms with van der Waals surface area (Å²) in [5.41, 5.74) is 0. The van der Waals surface area contributed by atoms with Gasteiger partial charge in [0.15, 0.2) is 0 Å². The predicted molar refractivity (Wildman–Crippen MR) is 51.6 cm³/mol. The predicted octanol–water partition coefficient (Wildman–Crippen LogP) is 3.48. The van der Waals surface area contributed by atoms with Gasteiger partial charge in [0.25, 0.3) is 0 Å². The van der Waals surface area contributed by atoms with Crippen LogP contribution >= 0.6 is 11.8 Å². The number of hydrogen-bond acceptors (Lipinski definition) is 1. The first kappa shape index (κ1) is 10.1. The van der Waals surface area contributed by atoms with Crippen LogP contribution < -0.4 is 0 Å². The molecule has 0 aromatic rings. The largest absolute Gasteiger partial charge is 0.155 e. The topological polar surface area (TPSA) is 0 Å². The molecule has 0 amide bonds. The third-order valence-corrected chi connectivity index (χ3v) is 2.55. The van der Waals surface area contributed by atoms with Crippen molar-refractivity contribution in [2.24, 2.45) is 0 Å². The van der Waals surface area contributed by atoms with Gasteiger partial charge in [-0.15, -0.1) is 0 Å². The van der Waals surface area contributed by atoms with E-state index in [1.165, 1.54) is 18.6 Å². The Bertz CT molecular complexity index is 86.7. The van der Waals surface area contributed by atoms with E-state index in [-0.39, 0.29) is 0 Å². The SMILES string of the molecule is C/C=C/C(C)SCCCC. The van der Waals surface area contributed by atoms with Gasteiger partial charge in [0.2, 0.25) is 0 Å². The van der Waals surface area contributed by atoms with Crippen molar-refractivity contribution in [2.75, 3.05) is 5.75 Å². The van der Waals surface area contributed by atoms with E-state index in [4.69, 9.17) is 0 Å². The minimum atomic E-state index is 0.705. The maximum atomic E-state index is 2.25. The molecule has 0 spiro atoms. The molecule has 1 unspecified atom stereocenters. The first-order valence-electron chi connectivity index (χ1n) is 4.05. The molecule has 0 N–H and O–H groups in total. The number of hydrogen-bond donors (Lipinski definition) is 0. The van der Waals surface area contributed by atoms with Crippen LogP contribution in [0.3, 0.4) is 0 Å². The lowest BCUT2D eigenvalue weighted by atomic mass is 10.4. The highest BCUT2D eigenvalue weighted by molar-refractivity contribution is 8.00. The van der Waals surface area contributed by atoms with Crippen molar-refractivity contribution in [1.29, 1.82) is 0 Å². The molecular formula is C9H18S. The van der Waals surface area contributed by atoms with E-state index in [0.717, 1.165) is 0 Å². The van der Waals surface area contributed by atoms with Gasteiger partial charge < -0.3 is 0 Å². The molecule has 1 heteroatoms. The van der Waals surface area contributed by atoms with Crippen LogP contribution in [0.25, 0.3) is 0 Å². The summed E-state index contributed by atoms with van der Waals surface area (Å²) in [6, 6.07) is 0. The van der Waals surface area contributed by atoms with Crippen molar-refractivity contribution >= 4 is 11.8 Å². The lowest BCUT2D eigenvalue weighted by Gasteiger charge is -2.03. The molecule has 60 valence electrons. The van der Waals surface area contributed by atoms with Crippen LogP contribution in [0.1, 0.15) is 33.6 Å². The lowest BCUT2D eigenvalue weighted by molar-refractivity contribution is 0.894. The maximum absolute atomic E-state index is 2.25. The van der Waals surface area contributed by atoms with E-state index >= 15 is 0 Å². The van der Waals surface area contributed by atoms with Crippen molar-refractivity contribution in [2.45, 2.75) is 38.9 Å². The summed E-state index contributed by atoms with van der Waals surface area (Å²) in [6.45, 7) is 6.57. The van der Waals surface area contributed by atoms with Crippen LogP contribution in [-0.4, -0.2) is 11.0 Å². The second kappa shape index (κ2) is 7.20. The van der Waals surface area contributed by atoms with E-state index in [1.54, 1.807) is 0 Å². The fraction of sp³-hybridized carbons (Fsp3) is 0.778. The summed E-state index contributed by atoms with van der Waals surface area (Å²) in [5, 5.41) is 0.705. The zero-order valence-corrected chi connectivity index (χ0v) is 8.08. The maximum Gasteiger partial charge on any atom is 0.0198 e. The van der Waals surface area contributed by atoms with Crippen LogP contribution in [0.5, 0.6) is 0 Å². The average Bonchev–Trinajstić information content (AvgIpc) is 1.89. The van der Waals surface area contributed by atoms with Crippen LogP contribution in [0, 0.1) is 0 Å². The van der Waals surface area contributed by atoms with Gasteiger partial charge in [-0.1, -0.05) is 25.5 Å². The molecule has 0 nitrogen and oxygen atoms in total. The molecule has 0 aliphatic rings. The van der Waals surface area contributed by atoms with Crippen molar-refractivity contribution in [3.05, 3.63) is 12.2 Å². The van der Waals surface area contributed by atoms with Gasteiger partial charge in [0, 0.05) is 5.25 Å². The van der Waals surface area contributed by atoms with Gasteiger partial charge in [-0.05, 0) is 26.0 Å². The van der Waals surface area contributed by atoms with E-state index in [0.29, 0.717) is 5.25 Å². The van der Waals surface area contributed by atoms with E-state index in [9.17, 15) is 0 Å². The van der Waals surface area contributed by atoms with Gasteiger partial charge in [-0.25, -0.2) is 0 Å². The summed E-state index contributed by atoms with van der Waals surface area (Å²) >= 11 is 2.04. The number of thioether (sulfide) groups is 1. The zero-order chi connectivity index (χ0) is 7.82. The van der Waals surface area contributed by atoms with E-state index in [1.807, 2.05) is 11.8 Å². The molecule has 0 bridgehead atoms. The fourth-order valence-corrected chi connectivity index (χ4v) is 1.84. The average molecular weight is 158 g/mol. The monoisotopic (exact) mass is 158 g/mol. The number of allylic oxidation sites excluding steroid dienone is 1. The number of rotatable bonds is 5. The fourth-order valence-electron chi connectivity index (χ4n) is 0.740. The summed E-state index contributed by atoms with van der Waals surface area (Å²) < 4.78 is 0. The molecule has 1 atom stereocenters. The summed E-state index contributed by atoms with van der Waals surface area (Å²) in [6.07, 6.45) is 7.05. The molecule has 10 heavy (non-hydrogen) atoms. The second-order valence-electron chi connectivity index (χ2n) is 2.46. The molecule has 0 aromatic carbocycles. The summed E-state index contributed by atoms with van der Waals surface area (Å²) in [4.78, 5) is 0. The molecule has 0 saturated carbocycles. The quantitative estimate of drug-likeness (QED) is 0.436. The Labute approximate surface area is 69.1 Å². The lowest BCUT2D eigenvalue weighted by Crippen LogP contribution is -1.91. The smallest absolute Gasteiger partial charge is 0.0198 e. The third kappa shape index (κ3) is 6.21. The highest BCUT2D eigenvalue weighted by Crippen LogP contribution is 2.13. The Morgan fingerprint density at radius 1 is 1.50 bits per heavy atom. The van der Waals surface area contributed by atoms with Crippen molar-refractivity contribution < 1.29 is 0 Å². The minimum Gasteiger partial charge on any atom is -0.155 e. The van der Waals surface area contributed by atoms with E-state index in [2.05, 4.69) is 32.9 Å². The summed E-state index contributed by atoms with van der Waals surface area (Å²) in [5.74, 6) is 1.31. The Hall–Kier alpha value is 0.0900.